The van der Waals surface area contributed by atoms with E-state index in [4.69, 9.17) is 9.47 Å². The molecule has 1 rings (SSSR count). The molecule has 4 nitrogen and oxygen atoms in total. The van der Waals surface area contributed by atoms with E-state index >= 15 is 0 Å². The molecule has 0 N–H and O–H groups in total. The summed E-state index contributed by atoms with van der Waals surface area (Å²) in [7, 11) is 0. The van der Waals surface area contributed by atoms with Gasteiger partial charge in [-0.1, -0.05) is 19.1 Å². The van der Waals surface area contributed by atoms with Crippen LogP contribution in [0.15, 0.2) is 24.8 Å². The van der Waals surface area contributed by atoms with Crippen molar-refractivity contribution in [1.82, 2.24) is 0 Å². The van der Waals surface area contributed by atoms with E-state index in [1.165, 1.54) is 6.42 Å². The van der Waals surface area contributed by atoms with Crippen LogP contribution < -0.4 is 0 Å². The highest BCUT2D eigenvalue weighted by Gasteiger charge is 2.24. The Hall–Kier alpha value is -1.58. The molecule has 118 valence electrons. The number of carbonyl (C=O) groups excluding carboxylic acids is 2. The largest absolute Gasteiger partial charge is 0.459 e. The average molecular weight is 294 g/mol. The average Bonchev–Trinajstić information content (AvgIpc) is 2.47. The molecule has 0 aromatic rings. The van der Waals surface area contributed by atoms with Gasteiger partial charge < -0.3 is 9.47 Å². The summed E-state index contributed by atoms with van der Waals surface area (Å²) in [5.41, 5.74) is -0.212. The minimum atomic E-state index is -0.679. The van der Waals surface area contributed by atoms with Gasteiger partial charge in [0.25, 0.3) is 0 Å². The van der Waals surface area contributed by atoms with Gasteiger partial charge in [-0.2, -0.15) is 0 Å². The van der Waals surface area contributed by atoms with Gasteiger partial charge in [-0.05, 0) is 51.9 Å². The van der Waals surface area contributed by atoms with Crippen molar-refractivity contribution in [2.24, 2.45) is 0 Å². The normalized spacial score (nSPS) is 16.8. The third-order valence-electron chi connectivity index (χ3n) is 3.65. The highest BCUT2D eigenvalue weighted by Crippen LogP contribution is 2.21. The molecule has 1 fully saturated rings. The van der Waals surface area contributed by atoms with Gasteiger partial charge in [0.05, 0.1) is 6.10 Å². The highest BCUT2D eigenvalue weighted by molar-refractivity contribution is 6.13. The van der Waals surface area contributed by atoms with E-state index < -0.39 is 11.9 Å². The van der Waals surface area contributed by atoms with Crippen LogP contribution in [0.2, 0.25) is 0 Å². The lowest BCUT2D eigenvalue weighted by molar-refractivity contribution is -0.153. The number of hydrogen-bond donors (Lipinski definition) is 0. The number of hydrogen-bond acceptors (Lipinski definition) is 4. The van der Waals surface area contributed by atoms with Gasteiger partial charge in [0.2, 0.25) is 0 Å². The second kappa shape index (κ2) is 9.37. The Balaban J connectivity index is 2.32. The zero-order chi connectivity index (χ0) is 15.7. The van der Waals surface area contributed by atoms with Crippen molar-refractivity contribution in [2.75, 3.05) is 0 Å². The summed E-state index contributed by atoms with van der Waals surface area (Å²) >= 11 is 0. The minimum Gasteiger partial charge on any atom is -0.459 e. The molecule has 0 heterocycles. The van der Waals surface area contributed by atoms with Crippen LogP contribution in [0.25, 0.3) is 0 Å². The monoisotopic (exact) mass is 294 g/mol. The Kier molecular flexibility index (Phi) is 7.80. The zero-order valence-corrected chi connectivity index (χ0v) is 12.9. The Morgan fingerprint density at radius 3 is 2.52 bits per heavy atom. The molecule has 0 spiro atoms. The first-order valence-electron chi connectivity index (χ1n) is 7.76. The fourth-order valence-corrected chi connectivity index (χ4v) is 2.35. The topological polar surface area (TPSA) is 52.6 Å². The lowest BCUT2D eigenvalue weighted by Crippen LogP contribution is -2.26. The van der Waals surface area contributed by atoms with Crippen LogP contribution in [0.4, 0.5) is 0 Å². The molecule has 1 aliphatic carbocycles. The maximum atomic E-state index is 11.9. The minimum absolute atomic E-state index is 0.0826. The first-order valence-corrected chi connectivity index (χ1v) is 7.76. The molecule has 0 saturated heterocycles. The molecule has 1 atom stereocenters. The van der Waals surface area contributed by atoms with Crippen LogP contribution in [0.1, 0.15) is 58.3 Å². The molecule has 1 aliphatic rings. The molecule has 0 aliphatic heterocycles. The van der Waals surface area contributed by atoms with Gasteiger partial charge in [-0.3, -0.25) is 0 Å². The second-order valence-electron chi connectivity index (χ2n) is 5.58. The maximum Gasteiger partial charge on any atom is 0.345 e. The number of ether oxygens (including phenoxy) is 2. The summed E-state index contributed by atoms with van der Waals surface area (Å²) < 4.78 is 10.5. The molecule has 0 amide bonds. The molecule has 1 saturated carbocycles. The molecule has 0 aromatic carbocycles. The van der Waals surface area contributed by atoms with Crippen molar-refractivity contribution >= 4 is 11.9 Å². The van der Waals surface area contributed by atoms with Crippen molar-refractivity contribution in [2.45, 2.75) is 70.5 Å². The molecule has 1 unspecified atom stereocenters. The van der Waals surface area contributed by atoms with Gasteiger partial charge in [-0.25, -0.2) is 9.59 Å². The summed E-state index contributed by atoms with van der Waals surface area (Å²) in [4.78, 5) is 23.7. The maximum absolute atomic E-state index is 11.9. The zero-order valence-electron chi connectivity index (χ0n) is 12.9. The van der Waals surface area contributed by atoms with Crippen LogP contribution in [0, 0.1) is 0 Å². The van der Waals surface area contributed by atoms with E-state index in [0.29, 0.717) is 0 Å². The van der Waals surface area contributed by atoms with Gasteiger partial charge in [0, 0.05) is 0 Å². The number of unbranched alkanes of at least 4 members (excludes halogenated alkanes) is 1. The Bertz CT molecular complexity index is 380. The highest BCUT2D eigenvalue weighted by atomic mass is 16.6. The van der Waals surface area contributed by atoms with E-state index in [9.17, 15) is 9.59 Å². The van der Waals surface area contributed by atoms with Gasteiger partial charge in [0.15, 0.2) is 0 Å². The van der Waals surface area contributed by atoms with Crippen LogP contribution in [-0.4, -0.2) is 24.1 Å². The summed E-state index contributed by atoms with van der Waals surface area (Å²) in [6.45, 7) is 8.95. The summed E-state index contributed by atoms with van der Waals surface area (Å²) in [5.74, 6) is -1.33. The van der Waals surface area contributed by atoms with Crippen LogP contribution in [0.5, 0.6) is 0 Å². The molecule has 0 bridgehead atoms. The fraction of sp³-hybridized carbons (Fsp3) is 0.647. The number of allylic oxidation sites excluding steroid dienone is 1. The Labute approximate surface area is 127 Å². The van der Waals surface area contributed by atoms with Crippen LogP contribution >= 0.6 is 0 Å². The number of carbonyl (C=O) groups is 2. The van der Waals surface area contributed by atoms with E-state index in [1.807, 2.05) is 6.08 Å². The molecular formula is C17H26O4. The lowest BCUT2D eigenvalue weighted by Gasteiger charge is -2.22. The van der Waals surface area contributed by atoms with Crippen LogP contribution in [-0.2, 0) is 19.1 Å². The standard InChI is InChI=1S/C17H26O4/c1-4-5-7-10-13(2)20-16(18)14(3)17(19)21-15-11-8-6-9-12-15/h4,13,15H,1,3,5-12H2,2H3. The van der Waals surface area contributed by atoms with Gasteiger partial charge in [-0.15, -0.1) is 6.58 Å². The molecule has 4 heteroatoms. The summed E-state index contributed by atoms with van der Waals surface area (Å²) in [6.07, 6.45) is 9.07. The molecule has 0 radical (unpaired) electrons. The Morgan fingerprint density at radius 2 is 1.90 bits per heavy atom. The SMILES string of the molecule is C=CCCCC(C)OC(=O)C(=C)C(=O)OC1CCCCC1. The van der Waals surface area contributed by atoms with E-state index in [0.717, 1.165) is 44.9 Å². The lowest BCUT2D eigenvalue weighted by atomic mass is 9.98. The summed E-state index contributed by atoms with van der Waals surface area (Å²) in [5, 5.41) is 0. The first kappa shape index (κ1) is 17.5. The number of esters is 2. The van der Waals surface area contributed by atoms with E-state index in [1.54, 1.807) is 6.92 Å². The number of rotatable bonds is 8. The van der Waals surface area contributed by atoms with Crippen molar-refractivity contribution < 1.29 is 19.1 Å². The van der Waals surface area contributed by atoms with E-state index in [2.05, 4.69) is 13.2 Å². The quantitative estimate of drug-likeness (QED) is 0.171. The fourth-order valence-electron chi connectivity index (χ4n) is 2.35. The third kappa shape index (κ3) is 6.61. The predicted molar refractivity (Wildman–Crippen MR) is 81.7 cm³/mol. The predicted octanol–water partition coefficient (Wildman–Crippen LogP) is 3.71. The van der Waals surface area contributed by atoms with E-state index in [-0.39, 0.29) is 17.8 Å². The third-order valence-corrected chi connectivity index (χ3v) is 3.65. The van der Waals surface area contributed by atoms with Crippen molar-refractivity contribution in [3.8, 4) is 0 Å². The molecule has 21 heavy (non-hydrogen) atoms. The first-order chi connectivity index (χ1) is 10.0. The van der Waals surface area contributed by atoms with Gasteiger partial charge in [0.1, 0.15) is 11.7 Å². The molecular weight excluding hydrogens is 268 g/mol. The van der Waals surface area contributed by atoms with Crippen molar-refractivity contribution in [3.05, 3.63) is 24.8 Å². The Morgan fingerprint density at radius 1 is 1.24 bits per heavy atom. The van der Waals surface area contributed by atoms with Crippen LogP contribution in [0.3, 0.4) is 0 Å². The van der Waals surface area contributed by atoms with Gasteiger partial charge >= 0.3 is 11.9 Å². The van der Waals surface area contributed by atoms with Crippen molar-refractivity contribution in [3.63, 3.8) is 0 Å². The van der Waals surface area contributed by atoms with Crippen molar-refractivity contribution in [1.29, 1.82) is 0 Å². The summed E-state index contributed by atoms with van der Waals surface area (Å²) in [6, 6.07) is 0. The molecule has 0 aromatic heterocycles. The second-order valence-corrected chi connectivity index (χ2v) is 5.58. The smallest absolute Gasteiger partial charge is 0.345 e.